The molecule has 0 aliphatic rings. The molecule has 1 atom stereocenters. The van der Waals surface area contributed by atoms with E-state index in [9.17, 15) is 9.18 Å². The standard InChI is InChI=1S/C21H22FN3O2S/c1-13-4-7-17(12-14(13)2)20-24-25-21(27-20)28-15(3)19(26)23-11-10-16-5-8-18(22)9-6-16/h4-9,12,15H,10-11H2,1-3H3,(H,23,26)/t15-/m0/s1. The van der Waals surface area contributed by atoms with E-state index in [2.05, 4.69) is 15.5 Å². The second-order valence-electron chi connectivity index (χ2n) is 6.60. The molecule has 0 bridgehead atoms. The molecule has 0 radical (unpaired) electrons. The fraction of sp³-hybridized carbons (Fsp3) is 0.286. The number of hydrogen-bond donors (Lipinski definition) is 1. The van der Waals surface area contributed by atoms with E-state index in [0.717, 1.165) is 16.7 Å². The highest BCUT2D eigenvalue weighted by molar-refractivity contribution is 8.00. The average molecular weight is 399 g/mol. The van der Waals surface area contributed by atoms with Crippen LogP contribution in [-0.2, 0) is 11.2 Å². The Bertz CT molecular complexity index is 957. The van der Waals surface area contributed by atoms with Gasteiger partial charge in [-0.25, -0.2) is 4.39 Å². The number of amides is 1. The van der Waals surface area contributed by atoms with Crippen molar-refractivity contribution in [3.8, 4) is 11.5 Å². The summed E-state index contributed by atoms with van der Waals surface area (Å²) in [5, 5.41) is 11.0. The SMILES string of the molecule is Cc1ccc(-c2nnc(S[C@@H](C)C(=O)NCCc3ccc(F)cc3)o2)cc1C. The first-order valence-electron chi connectivity index (χ1n) is 9.02. The average Bonchev–Trinajstić information content (AvgIpc) is 3.14. The molecule has 28 heavy (non-hydrogen) atoms. The number of benzene rings is 2. The second kappa shape index (κ2) is 9.01. The molecule has 0 fully saturated rings. The summed E-state index contributed by atoms with van der Waals surface area (Å²) in [5.74, 6) is 0.0603. The molecule has 5 nitrogen and oxygen atoms in total. The number of aromatic nitrogens is 2. The third-order valence-electron chi connectivity index (χ3n) is 4.43. The lowest BCUT2D eigenvalue weighted by Gasteiger charge is -2.09. The predicted octanol–water partition coefficient (Wildman–Crippen LogP) is 4.33. The first-order valence-corrected chi connectivity index (χ1v) is 9.90. The minimum absolute atomic E-state index is 0.113. The van der Waals surface area contributed by atoms with E-state index in [4.69, 9.17) is 4.42 Å². The molecule has 7 heteroatoms. The lowest BCUT2D eigenvalue weighted by molar-refractivity contribution is -0.120. The van der Waals surface area contributed by atoms with E-state index in [1.54, 1.807) is 19.1 Å². The molecular weight excluding hydrogens is 377 g/mol. The molecular formula is C21H22FN3O2S. The molecule has 146 valence electrons. The summed E-state index contributed by atoms with van der Waals surface area (Å²) in [5.41, 5.74) is 4.18. The van der Waals surface area contributed by atoms with Crippen molar-refractivity contribution >= 4 is 17.7 Å². The summed E-state index contributed by atoms with van der Waals surface area (Å²) in [6.07, 6.45) is 0.640. The van der Waals surface area contributed by atoms with Crippen molar-refractivity contribution in [3.05, 3.63) is 65.0 Å². The van der Waals surface area contributed by atoms with E-state index < -0.39 is 0 Å². The van der Waals surface area contributed by atoms with Crippen LogP contribution in [0.1, 0.15) is 23.6 Å². The number of nitrogens with one attached hydrogen (secondary N) is 1. The zero-order valence-corrected chi connectivity index (χ0v) is 16.8. The smallest absolute Gasteiger partial charge is 0.277 e. The van der Waals surface area contributed by atoms with Gasteiger partial charge in [0, 0.05) is 12.1 Å². The zero-order valence-electron chi connectivity index (χ0n) is 16.0. The van der Waals surface area contributed by atoms with Crippen LogP contribution in [0, 0.1) is 19.7 Å². The van der Waals surface area contributed by atoms with Crippen molar-refractivity contribution in [1.29, 1.82) is 0 Å². The third kappa shape index (κ3) is 5.19. The number of thioether (sulfide) groups is 1. The lowest BCUT2D eigenvalue weighted by Crippen LogP contribution is -2.32. The molecule has 1 N–H and O–H groups in total. The van der Waals surface area contributed by atoms with Crippen molar-refractivity contribution in [2.45, 2.75) is 37.7 Å². The van der Waals surface area contributed by atoms with Crippen molar-refractivity contribution in [2.24, 2.45) is 0 Å². The topological polar surface area (TPSA) is 68.0 Å². The van der Waals surface area contributed by atoms with Gasteiger partial charge in [-0.05, 0) is 68.1 Å². The van der Waals surface area contributed by atoms with Crippen LogP contribution in [0.5, 0.6) is 0 Å². The van der Waals surface area contributed by atoms with E-state index in [-0.39, 0.29) is 17.0 Å². The maximum absolute atomic E-state index is 12.9. The van der Waals surface area contributed by atoms with Crippen LogP contribution in [0.2, 0.25) is 0 Å². The number of carbonyl (C=O) groups excluding carboxylic acids is 1. The molecule has 3 aromatic rings. The van der Waals surface area contributed by atoms with Crippen molar-refractivity contribution in [1.82, 2.24) is 15.5 Å². The van der Waals surface area contributed by atoms with Crippen LogP contribution in [0.4, 0.5) is 4.39 Å². The van der Waals surface area contributed by atoms with Crippen LogP contribution in [0.25, 0.3) is 11.5 Å². The molecule has 0 unspecified atom stereocenters. The fourth-order valence-electron chi connectivity index (χ4n) is 2.58. The second-order valence-corrected chi connectivity index (χ2v) is 7.89. The van der Waals surface area contributed by atoms with E-state index in [0.29, 0.717) is 24.1 Å². The zero-order chi connectivity index (χ0) is 20.1. The summed E-state index contributed by atoms with van der Waals surface area (Å²) in [6, 6.07) is 12.2. The van der Waals surface area contributed by atoms with E-state index >= 15 is 0 Å². The molecule has 0 aliphatic carbocycles. The Hall–Kier alpha value is -2.67. The van der Waals surface area contributed by atoms with Gasteiger partial charge in [-0.1, -0.05) is 30.0 Å². The largest absolute Gasteiger partial charge is 0.411 e. The quantitative estimate of drug-likeness (QED) is 0.599. The molecule has 1 heterocycles. The minimum Gasteiger partial charge on any atom is -0.411 e. The minimum atomic E-state index is -0.374. The van der Waals surface area contributed by atoms with Gasteiger partial charge in [0.25, 0.3) is 5.22 Å². The number of halogens is 1. The first-order chi connectivity index (χ1) is 13.4. The Morgan fingerprint density at radius 3 is 2.61 bits per heavy atom. The van der Waals surface area contributed by atoms with Crippen molar-refractivity contribution in [3.63, 3.8) is 0 Å². The fourth-order valence-corrected chi connectivity index (χ4v) is 3.29. The molecule has 2 aromatic carbocycles. The highest BCUT2D eigenvalue weighted by Gasteiger charge is 2.18. The summed E-state index contributed by atoms with van der Waals surface area (Å²) >= 11 is 1.22. The molecule has 3 rings (SSSR count). The van der Waals surface area contributed by atoms with Gasteiger partial charge in [0.2, 0.25) is 11.8 Å². The molecule has 1 amide bonds. The summed E-state index contributed by atoms with van der Waals surface area (Å²) < 4.78 is 18.6. The van der Waals surface area contributed by atoms with Crippen molar-refractivity contribution < 1.29 is 13.6 Å². The Labute approximate surface area is 167 Å². The third-order valence-corrected chi connectivity index (χ3v) is 5.37. The maximum Gasteiger partial charge on any atom is 0.277 e. The normalized spacial score (nSPS) is 12.0. The van der Waals surface area contributed by atoms with Gasteiger partial charge >= 0.3 is 0 Å². The van der Waals surface area contributed by atoms with Crippen molar-refractivity contribution in [2.75, 3.05) is 6.54 Å². The summed E-state index contributed by atoms with van der Waals surface area (Å²) in [4.78, 5) is 12.3. The predicted molar refractivity (Wildman–Crippen MR) is 108 cm³/mol. The van der Waals surface area contributed by atoms with Gasteiger partial charge in [-0.15, -0.1) is 10.2 Å². The van der Waals surface area contributed by atoms with Gasteiger partial charge in [0.05, 0.1) is 5.25 Å². The van der Waals surface area contributed by atoms with Crippen LogP contribution in [-0.4, -0.2) is 27.9 Å². The van der Waals surface area contributed by atoms with Gasteiger partial charge < -0.3 is 9.73 Å². The number of carbonyl (C=O) groups is 1. The van der Waals surface area contributed by atoms with Gasteiger partial charge in [0.1, 0.15) is 5.82 Å². The number of nitrogens with zero attached hydrogens (tertiary/aromatic N) is 2. The molecule has 0 aliphatic heterocycles. The number of hydrogen-bond acceptors (Lipinski definition) is 5. The van der Waals surface area contributed by atoms with Crippen LogP contribution < -0.4 is 5.32 Å². The highest BCUT2D eigenvalue weighted by Crippen LogP contribution is 2.27. The Morgan fingerprint density at radius 1 is 1.14 bits per heavy atom. The maximum atomic E-state index is 12.9. The Balaban J connectivity index is 1.51. The highest BCUT2D eigenvalue weighted by atomic mass is 32.2. The molecule has 0 saturated heterocycles. The van der Waals surface area contributed by atoms with Gasteiger partial charge in [-0.3, -0.25) is 4.79 Å². The first kappa shape index (κ1) is 20.1. The number of rotatable bonds is 7. The Morgan fingerprint density at radius 2 is 1.89 bits per heavy atom. The Kier molecular flexibility index (Phi) is 6.46. The number of aryl methyl sites for hydroxylation is 2. The molecule has 1 aromatic heterocycles. The van der Waals surface area contributed by atoms with Gasteiger partial charge in [-0.2, -0.15) is 0 Å². The van der Waals surface area contributed by atoms with E-state index in [1.807, 2.05) is 32.0 Å². The van der Waals surface area contributed by atoms with Crippen LogP contribution in [0.3, 0.4) is 0 Å². The van der Waals surface area contributed by atoms with Crippen LogP contribution in [0.15, 0.2) is 52.1 Å². The van der Waals surface area contributed by atoms with Gasteiger partial charge in [0.15, 0.2) is 0 Å². The van der Waals surface area contributed by atoms with E-state index in [1.165, 1.54) is 29.5 Å². The summed E-state index contributed by atoms with van der Waals surface area (Å²) in [7, 11) is 0. The van der Waals surface area contributed by atoms with Crippen LogP contribution >= 0.6 is 11.8 Å². The molecule has 0 spiro atoms. The lowest BCUT2D eigenvalue weighted by atomic mass is 10.1. The summed E-state index contributed by atoms with van der Waals surface area (Å²) in [6.45, 7) is 6.35. The molecule has 0 saturated carbocycles. The monoisotopic (exact) mass is 399 g/mol.